The van der Waals surface area contributed by atoms with Gasteiger partial charge in [-0.15, -0.1) is 11.3 Å². The fourth-order valence-corrected chi connectivity index (χ4v) is 11.9. The highest BCUT2D eigenvalue weighted by molar-refractivity contribution is 7.13. The van der Waals surface area contributed by atoms with E-state index in [1.54, 1.807) is 17.4 Å². The zero-order valence-electron chi connectivity index (χ0n) is 45.5. The maximum absolute atomic E-state index is 14.2. The number of hydrogen-bond donors (Lipinski definition) is 2. The van der Waals surface area contributed by atoms with E-state index >= 15 is 0 Å². The number of pyridine rings is 1. The lowest BCUT2D eigenvalue weighted by Gasteiger charge is -2.37. The van der Waals surface area contributed by atoms with Crippen LogP contribution in [0.5, 0.6) is 5.88 Å². The number of nitrogens with one attached hydrogen (secondary N) is 1. The molecule has 8 rings (SSSR count). The maximum atomic E-state index is 14.2. The van der Waals surface area contributed by atoms with Gasteiger partial charge in [-0.25, -0.2) is 4.98 Å². The average molecular weight is 1050 g/mol. The molecule has 2 aliphatic rings. The van der Waals surface area contributed by atoms with E-state index in [-0.39, 0.29) is 73.2 Å². The van der Waals surface area contributed by atoms with Crippen molar-refractivity contribution in [2.75, 3.05) is 51.0 Å². The number of nitrogens with zero attached hydrogens (tertiary/aromatic N) is 4. The number of benzene rings is 3. The minimum absolute atomic E-state index is 0.0220. The van der Waals surface area contributed by atoms with E-state index in [2.05, 4.69) is 69.4 Å². The summed E-state index contributed by atoms with van der Waals surface area (Å²) in [6.45, 7) is 19.3. The normalized spacial score (nSPS) is 16.8. The molecule has 0 aliphatic carbocycles. The summed E-state index contributed by atoms with van der Waals surface area (Å²) >= 11 is 1.60. The average Bonchev–Trinajstić information content (AvgIpc) is 4.17. The Balaban J connectivity index is 0.822. The molecule has 6 aromatic rings. The van der Waals surface area contributed by atoms with Crippen molar-refractivity contribution in [3.05, 3.63) is 139 Å². The number of Topliss-reactive ketones (excluding diaryl/α,β-unsaturated/α-hetero) is 2. The minimum atomic E-state index is -0.801. The number of likely N-dealkylation sites (tertiary alicyclic amines) is 1. The van der Waals surface area contributed by atoms with Crippen LogP contribution >= 0.6 is 11.3 Å². The zero-order chi connectivity index (χ0) is 54.0. The number of aromatic nitrogens is 3. The predicted molar refractivity (Wildman–Crippen MR) is 298 cm³/mol. The molecular formula is C61H75N5O9S. The number of β-amino-alcohol motifs (C(OH)–C–C–N with tert-alkyl or cyclic N) is 1. The number of anilines is 1. The summed E-state index contributed by atoms with van der Waals surface area (Å²) in [5, 5.41) is 14.9. The van der Waals surface area contributed by atoms with Gasteiger partial charge < -0.3 is 38.6 Å². The van der Waals surface area contributed by atoms with Gasteiger partial charge in [0.05, 0.1) is 34.8 Å². The van der Waals surface area contributed by atoms with Crippen molar-refractivity contribution in [3.8, 4) is 27.4 Å². The van der Waals surface area contributed by atoms with Crippen LogP contribution in [0.4, 0.5) is 5.69 Å². The zero-order valence-corrected chi connectivity index (χ0v) is 46.3. The standard InChI is InChI=1S/C61H75N5O9S/c1-9-65(48-22-25-73-26-23-48)52-32-47(31-51(41(52)7)54(68)21-20-50-39(5)29-40(6)63-60(50)70)45-14-12-43(13-15-45)11-10-24-72-27-28-74-57-34-56(75-64-57)58(37(2)3)61(71)66-35-49(67)33-53(66)55(69)30-38(4)44-16-18-46(19-17-44)59-42(8)62-36-76-59/h12-19,29,31-32,34,36-38,48-49,53,58,67H,9-11,20-28,30,33,35H2,1-8H3,(H,63,70)/t38-,49-,53+,58?/m1/s1. The fraction of sp³-hybridized carbons (Fsp3) is 0.475. The number of ether oxygens (including phenoxy) is 3. The number of aliphatic hydroxyl groups excluding tert-OH is 1. The Morgan fingerprint density at radius 1 is 0.908 bits per heavy atom. The van der Waals surface area contributed by atoms with Crippen LogP contribution in [0.25, 0.3) is 21.6 Å². The van der Waals surface area contributed by atoms with Crippen LogP contribution in [-0.4, -0.2) is 107 Å². The van der Waals surface area contributed by atoms with Gasteiger partial charge in [0.25, 0.3) is 11.4 Å². The van der Waals surface area contributed by atoms with Gasteiger partial charge in [0.2, 0.25) is 5.91 Å². The van der Waals surface area contributed by atoms with Gasteiger partial charge in [0.15, 0.2) is 17.3 Å². The number of rotatable bonds is 24. The Bertz CT molecular complexity index is 2990. The van der Waals surface area contributed by atoms with Gasteiger partial charge in [0.1, 0.15) is 12.5 Å². The fourth-order valence-electron chi connectivity index (χ4n) is 11.1. The van der Waals surface area contributed by atoms with Crippen LogP contribution in [0.2, 0.25) is 0 Å². The topological polar surface area (TPSA) is 177 Å². The number of aromatic amines is 1. The number of carbonyl (C=O) groups is 3. The number of aryl methyl sites for hydroxylation is 4. The summed E-state index contributed by atoms with van der Waals surface area (Å²) in [7, 11) is 0. The maximum Gasteiger partial charge on any atom is 0.254 e. The number of aliphatic hydroxyl groups is 1. The molecule has 3 aromatic carbocycles. The van der Waals surface area contributed by atoms with Gasteiger partial charge in [0, 0.05) is 86.8 Å². The van der Waals surface area contributed by atoms with Crippen molar-refractivity contribution in [1.29, 1.82) is 0 Å². The van der Waals surface area contributed by atoms with E-state index in [1.165, 1.54) is 10.5 Å². The molecule has 0 bridgehead atoms. The van der Waals surface area contributed by atoms with Crippen LogP contribution in [0, 0.1) is 33.6 Å². The van der Waals surface area contributed by atoms with E-state index in [4.69, 9.17) is 18.7 Å². The quantitative estimate of drug-likeness (QED) is 0.0434. The van der Waals surface area contributed by atoms with Gasteiger partial charge in [-0.1, -0.05) is 69.3 Å². The molecule has 15 heteroatoms. The second kappa shape index (κ2) is 25.7. The summed E-state index contributed by atoms with van der Waals surface area (Å²) in [5.41, 5.74) is 13.1. The highest BCUT2D eigenvalue weighted by atomic mass is 32.1. The molecule has 2 saturated heterocycles. The Morgan fingerprint density at radius 2 is 1.64 bits per heavy atom. The summed E-state index contributed by atoms with van der Waals surface area (Å²) in [6, 6.07) is 24.1. The van der Waals surface area contributed by atoms with E-state index in [1.807, 2.05) is 78.2 Å². The van der Waals surface area contributed by atoms with Crippen molar-refractivity contribution < 1.29 is 38.2 Å². The Kier molecular flexibility index (Phi) is 18.9. The third-order valence-electron chi connectivity index (χ3n) is 15.3. The summed E-state index contributed by atoms with van der Waals surface area (Å²) < 4.78 is 23.2. The second-order valence-corrected chi connectivity index (χ2v) is 21.9. The molecule has 2 fully saturated rings. The van der Waals surface area contributed by atoms with Crippen molar-refractivity contribution >= 4 is 34.5 Å². The summed E-state index contributed by atoms with van der Waals surface area (Å²) in [4.78, 5) is 67.4. The highest BCUT2D eigenvalue weighted by Crippen LogP contribution is 2.37. The molecule has 3 aromatic heterocycles. The Morgan fingerprint density at radius 3 is 2.33 bits per heavy atom. The number of amides is 1. The molecule has 0 spiro atoms. The number of hydrogen-bond acceptors (Lipinski definition) is 13. The van der Waals surface area contributed by atoms with Crippen molar-refractivity contribution in [1.82, 2.24) is 20.0 Å². The lowest BCUT2D eigenvalue weighted by atomic mass is 9.89. The Labute approximate surface area is 451 Å². The molecule has 2 N–H and O–H groups in total. The summed E-state index contributed by atoms with van der Waals surface area (Å²) in [5.74, 6) is -0.730. The molecule has 14 nitrogen and oxygen atoms in total. The number of H-pyrrole nitrogens is 1. The van der Waals surface area contributed by atoms with Crippen LogP contribution in [0.1, 0.15) is 133 Å². The van der Waals surface area contributed by atoms with Crippen LogP contribution in [0.3, 0.4) is 0 Å². The van der Waals surface area contributed by atoms with Gasteiger partial charge in [-0.3, -0.25) is 19.2 Å². The molecule has 1 unspecified atom stereocenters. The first kappa shape index (κ1) is 56.0. The van der Waals surface area contributed by atoms with E-state index in [0.717, 1.165) is 101 Å². The molecule has 5 heterocycles. The smallest absolute Gasteiger partial charge is 0.254 e. The largest absolute Gasteiger partial charge is 0.473 e. The van der Waals surface area contributed by atoms with Gasteiger partial charge in [-0.2, -0.15) is 0 Å². The molecule has 404 valence electrons. The highest BCUT2D eigenvalue weighted by Gasteiger charge is 2.43. The lowest BCUT2D eigenvalue weighted by molar-refractivity contribution is -0.140. The minimum Gasteiger partial charge on any atom is -0.473 e. The first-order valence-corrected chi connectivity index (χ1v) is 28.0. The monoisotopic (exact) mass is 1050 g/mol. The third-order valence-corrected chi connectivity index (χ3v) is 16.2. The van der Waals surface area contributed by atoms with Crippen LogP contribution < -0.4 is 15.2 Å². The third kappa shape index (κ3) is 13.5. The van der Waals surface area contributed by atoms with E-state index in [0.29, 0.717) is 42.6 Å². The molecule has 4 atom stereocenters. The molecule has 1 amide bonds. The van der Waals surface area contributed by atoms with E-state index in [9.17, 15) is 24.3 Å². The number of ketones is 2. The SMILES string of the molecule is CCN(c1cc(-c2ccc(CCCOCCOc3cc(C(C(=O)N4C[C@H](O)C[C@H]4C(=O)C[C@@H](C)c4ccc(-c5scnc5C)cc4)C(C)C)on3)cc2)cc(C(=O)CCc2c(C)cc(C)[nH]c2=O)c1C)C1CCOCC1. The number of carbonyl (C=O) groups excluding carboxylic acids is 3. The summed E-state index contributed by atoms with van der Waals surface area (Å²) in [6.07, 6.45) is 3.71. The molecule has 76 heavy (non-hydrogen) atoms. The van der Waals surface area contributed by atoms with Gasteiger partial charge in [-0.05, 0) is 141 Å². The van der Waals surface area contributed by atoms with Crippen molar-refractivity contribution in [2.45, 2.75) is 137 Å². The van der Waals surface area contributed by atoms with Crippen LogP contribution in [-0.2, 0) is 31.9 Å². The van der Waals surface area contributed by atoms with E-state index < -0.39 is 18.1 Å². The first-order valence-electron chi connectivity index (χ1n) is 27.1. The molecular weight excluding hydrogens is 979 g/mol. The van der Waals surface area contributed by atoms with Gasteiger partial charge >= 0.3 is 0 Å². The number of thiazole rings is 1. The van der Waals surface area contributed by atoms with Crippen molar-refractivity contribution in [3.63, 3.8) is 0 Å². The van der Waals surface area contributed by atoms with Crippen LogP contribution in [0.15, 0.2) is 87.6 Å². The molecule has 2 aliphatic heterocycles. The Hall–Kier alpha value is -6.26. The lowest BCUT2D eigenvalue weighted by Crippen LogP contribution is -2.44. The van der Waals surface area contributed by atoms with Crippen molar-refractivity contribution in [2.24, 2.45) is 5.92 Å². The predicted octanol–water partition coefficient (Wildman–Crippen LogP) is 10.7. The second-order valence-electron chi connectivity index (χ2n) is 21.1. The molecule has 0 saturated carbocycles. The molecule has 0 radical (unpaired) electrons. The first-order chi connectivity index (χ1) is 36.6.